The van der Waals surface area contributed by atoms with E-state index in [0.717, 1.165) is 5.92 Å². The second-order valence-corrected chi connectivity index (χ2v) is 12.7. The van der Waals surface area contributed by atoms with E-state index < -0.39 is 0 Å². The van der Waals surface area contributed by atoms with Gasteiger partial charge in [0.2, 0.25) is 0 Å². The third-order valence-corrected chi connectivity index (χ3v) is 8.44. The molecule has 0 heterocycles. The summed E-state index contributed by atoms with van der Waals surface area (Å²) in [5.41, 5.74) is 0.372. The van der Waals surface area contributed by atoms with Crippen LogP contribution in [0.1, 0.15) is 142 Å². The molecule has 1 nitrogen and oxygen atoms in total. The zero-order valence-electron chi connectivity index (χ0n) is 19.3. The van der Waals surface area contributed by atoms with Crippen LogP contribution < -0.4 is 5.32 Å². The van der Waals surface area contributed by atoms with Gasteiger partial charge < -0.3 is 5.32 Å². The van der Waals surface area contributed by atoms with Gasteiger partial charge in [0.1, 0.15) is 0 Å². The molecule has 2 rings (SSSR count). The molecule has 0 saturated heterocycles. The van der Waals surface area contributed by atoms with Gasteiger partial charge in [0, 0.05) is 9.86 Å². The minimum Gasteiger partial charge on any atom is -0.311 e. The normalized spacial score (nSPS) is 34.0. The third-order valence-electron chi connectivity index (χ3n) is 7.65. The minimum absolute atomic E-state index is 0.372. The van der Waals surface area contributed by atoms with E-state index in [1.807, 2.05) is 0 Å². The van der Waals surface area contributed by atoms with Crippen LogP contribution in [0, 0.1) is 5.92 Å². The first-order valence-corrected chi connectivity index (χ1v) is 13.7. The highest BCUT2D eigenvalue weighted by atomic mass is 79.9. The molecule has 0 aromatic carbocycles. The highest BCUT2D eigenvalue weighted by Crippen LogP contribution is 2.34. The van der Waals surface area contributed by atoms with Crippen LogP contribution in [-0.2, 0) is 0 Å². The van der Waals surface area contributed by atoms with E-state index in [1.165, 1.54) is 135 Å². The molecule has 2 aliphatic rings. The van der Waals surface area contributed by atoms with Crippen LogP contribution in [-0.4, -0.2) is 16.4 Å². The van der Waals surface area contributed by atoms with Gasteiger partial charge >= 0.3 is 0 Å². The molecule has 2 heteroatoms. The van der Waals surface area contributed by atoms with Crippen molar-refractivity contribution >= 4 is 15.9 Å². The van der Waals surface area contributed by atoms with Crippen molar-refractivity contribution in [3.63, 3.8) is 0 Å². The predicted molar refractivity (Wildman–Crippen MR) is 130 cm³/mol. The summed E-state index contributed by atoms with van der Waals surface area (Å²) < 4.78 is 0.384. The van der Waals surface area contributed by atoms with E-state index in [9.17, 15) is 0 Å². The minimum atomic E-state index is 0.372. The lowest BCUT2D eigenvalue weighted by Gasteiger charge is -2.33. The Bertz CT molecular complexity index is 382. The first-order valence-electron chi connectivity index (χ1n) is 12.9. The standard InChI is InChI=1S/C26H50BrN/c1-25(27)19-13-10-14-21-26(2,22-16-15-20-25)28-23-24-17-11-8-6-4-3-5-7-9-12-18-24/h24,28H,3-23H2,1-2H3. The summed E-state index contributed by atoms with van der Waals surface area (Å²) in [6.45, 7) is 6.21. The highest BCUT2D eigenvalue weighted by Gasteiger charge is 2.26. The van der Waals surface area contributed by atoms with E-state index >= 15 is 0 Å². The number of alkyl halides is 1. The van der Waals surface area contributed by atoms with Crippen LogP contribution in [0.2, 0.25) is 0 Å². The Balaban J connectivity index is 1.81. The molecule has 2 saturated carbocycles. The third kappa shape index (κ3) is 11.0. The molecule has 0 aromatic rings. The highest BCUT2D eigenvalue weighted by molar-refractivity contribution is 9.10. The Morgan fingerprint density at radius 2 is 1.00 bits per heavy atom. The van der Waals surface area contributed by atoms with Crippen molar-refractivity contribution in [2.45, 2.75) is 152 Å². The van der Waals surface area contributed by atoms with Gasteiger partial charge in [-0.05, 0) is 64.8 Å². The zero-order valence-corrected chi connectivity index (χ0v) is 20.9. The molecule has 0 spiro atoms. The van der Waals surface area contributed by atoms with E-state index in [0.29, 0.717) is 9.86 Å². The van der Waals surface area contributed by atoms with Crippen molar-refractivity contribution in [2.24, 2.45) is 5.92 Å². The fourth-order valence-electron chi connectivity index (χ4n) is 5.46. The quantitative estimate of drug-likeness (QED) is 0.418. The van der Waals surface area contributed by atoms with Gasteiger partial charge in [-0.3, -0.25) is 0 Å². The van der Waals surface area contributed by atoms with Gasteiger partial charge in [0.25, 0.3) is 0 Å². The number of hydrogen-bond acceptors (Lipinski definition) is 1. The van der Waals surface area contributed by atoms with E-state index in [-0.39, 0.29) is 0 Å². The molecule has 0 amide bonds. The van der Waals surface area contributed by atoms with Gasteiger partial charge in [-0.1, -0.05) is 106 Å². The lowest BCUT2D eigenvalue weighted by molar-refractivity contribution is 0.257. The van der Waals surface area contributed by atoms with Crippen molar-refractivity contribution in [1.82, 2.24) is 5.32 Å². The molecule has 0 radical (unpaired) electrons. The van der Waals surface area contributed by atoms with Crippen LogP contribution in [0.4, 0.5) is 0 Å². The molecule has 166 valence electrons. The Morgan fingerprint density at radius 3 is 1.57 bits per heavy atom. The number of halogens is 1. The summed E-state index contributed by atoms with van der Waals surface area (Å²) in [7, 11) is 0. The Hall–Kier alpha value is 0.440. The Labute approximate surface area is 185 Å². The topological polar surface area (TPSA) is 12.0 Å². The van der Waals surface area contributed by atoms with E-state index in [4.69, 9.17) is 0 Å². The Morgan fingerprint density at radius 1 is 0.607 bits per heavy atom. The van der Waals surface area contributed by atoms with Gasteiger partial charge in [0.05, 0.1) is 0 Å². The smallest absolute Gasteiger partial charge is 0.0229 e. The van der Waals surface area contributed by atoms with Gasteiger partial charge in [-0.2, -0.15) is 0 Å². The first kappa shape index (κ1) is 24.7. The summed E-state index contributed by atoms with van der Waals surface area (Å²) in [6.07, 6.45) is 28.6. The monoisotopic (exact) mass is 455 g/mol. The van der Waals surface area contributed by atoms with Gasteiger partial charge in [-0.25, -0.2) is 0 Å². The van der Waals surface area contributed by atoms with Crippen molar-refractivity contribution in [3.05, 3.63) is 0 Å². The zero-order chi connectivity index (χ0) is 20.1. The summed E-state index contributed by atoms with van der Waals surface area (Å²) in [6, 6.07) is 0. The fraction of sp³-hybridized carbons (Fsp3) is 1.00. The predicted octanol–water partition coefficient (Wildman–Crippen LogP) is 8.93. The molecule has 0 aromatic heterocycles. The Kier molecular flexibility index (Phi) is 12.1. The maximum atomic E-state index is 4.13. The summed E-state index contributed by atoms with van der Waals surface area (Å²) in [4.78, 5) is 0. The second kappa shape index (κ2) is 13.7. The molecule has 0 aliphatic heterocycles. The SMILES string of the molecule is CC1(Br)CCCCCC(C)(NCC2CCCCCCCCCCC2)CCCC1. The molecule has 1 N–H and O–H groups in total. The number of rotatable bonds is 3. The molecule has 2 fully saturated rings. The van der Waals surface area contributed by atoms with Crippen LogP contribution in [0.15, 0.2) is 0 Å². The molecule has 2 atom stereocenters. The van der Waals surface area contributed by atoms with Crippen molar-refractivity contribution in [1.29, 1.82) is 0 Å². The van der Waals surface area contributed by atoms with Crippen molar-refractivity contribution < 1.29 is 0 Å². The van der Waals surface area contributed by atoms with Crippen LogP contribution in [0.3, 0.4) is 0 Å². The molecule has 28 heavy (non-hydrogen) atoms. The maximum absolute atomic E-state index is 4.13. The molecule has 0 bridgehead atoms. The molecular formula is C26H50BrN. The average Bonchev–Trinajstić information content (AvgIpc) is 2.67. The molecule has 2 aliphatic carbocycles. The first-order chi connectivity index (χ1) is 13.5. The number of nitrogens with one attached hydrogen (secondary N) is 1. The summed E-state index contributed by atoms with van der Waals surface area (Å²) in [5, 5.41) is 4.13. The van der Waals surface area contributed by atoms with E-state index in [1.54, 1.807) is 0 Å². The van der Waals surface area contributed by atoms with Crippen molar-refractivity contribution in [2.75, 3.05) is 6.54 Å². The average molecular weight is 457 g/mol. The van der Waals surface area contributed by atoms with Crippen LogP contribution in [0.5, 0.6) is 0 Å². The van der Waals surface area contributed by atoms with Crippen LogP contribution in [0.25, 0.3) is 0 Å². The summed E-state index contributed by atoms with van der Waals surface area (Å²) in [5.74, 6) is 0.917. The summed E-state index contributed by atoms with van der Waals surface area (Å²) >= 11 is 3.99. The lowest BCUT2D eigenvalue weighted by atomic mass is 9.86. The molecule has 2 unspecified atom stereocenters. The van der Waals surface area contributed by atoms with Gasteiger partial charge in [-0.15, -0.1) is 0 Å². The second-order valence-electron chi connectivity index (χ2n) is 10.7. The fourth-order valence-corrected chi connectivity index (χ4v) is 6.02. The largest absolute Gasteiger partial charge is 0.311 e. The lowest BCUT2D eigenvalue weighted by Crippen LogP contribution is -2.44. The van der Waals surface area contributed by atoms with Gasteiger partial charge in [0.15, 0.2) is 0 Å². The van der Waals surface area contributed by atoms with Crippen LogP contribution >= 0.6 is 15.9 Å². The molecular weight excluding hydrogens is 406 g/mol. The number of hydrogen-bond donors (Lipinski definition) is 1. The van der Waals surface area contributed by atoms with E-state index in [2.05, 4.69) is 35.1 Å². The van der Waals surface area contributed by atoms with Crippen molar-refractivity contribution in [3.8, 4) is 0 Å². The maximum Gasteiger partial charge on any atom is 0.0229 e.